The van der Waals surface area contributed by atoms with Gasteiger partial charge in [0.05, 0.1) is 17.2 Å². The molecule has 0 aromatic heterocycles. The average Bonchev–Trinajstić information content (AvgIpc) is 2.85. The van der Waals surface area contributed by atoms with E-state index in [2.05, 4.69) is 26.1 Å². The van der Waals surface area contributed by atoms with Gasteiger partial charge in [-0.1, -0.05) is 58.6 Å². The highest BCUT2D eigenvalue weighted by Crippen LogP contribution is 2.33. The van der Waals surface area contributed by atoms with Crippen LogP contribution in [-0.4, -0.2) is 18.4 Å². The molecule has 2 amide bonds. The summed E-state index contributed by atoms with van der Waals surface area (Å²) in [5.74, 6) is -0.322. The molecular formula is C19H27NO3. The number of nitrogens with one attached hydrogen (secondary N) is 1. The number of hydrogen-bond donors (Lipinski definition) is 1. The third-order valence-electron chi connectivity index (χ3n) is 4.56. The second-order valence-corrected chi connectivity index (χ2v) is 6.29. The van der Waals surface area contributed by atoms with Crippen molar-refractivity contribution in [1.29, 1.82) is 0 Å². The fraction of sp³-hybridized carbons (Fsp3) is 0.579. The molecule has 126 valence electrons. The minimum Gasteiger partial charge on any atom is -0.373 e. The Morgan fingerprint density at radius 1 is 1.09 bits per heavy atom. The average molecular weight is 317 g/mol. The number of carbonyl (C=O) groups is 2. The van der Waals surface area contributed by atoms with Gasteiger partial charge in [0.2, 0.25) is 0 Å². The van der Waals surface area contributed by atoms with Gasteiger partial charge in [0.1, 0.15) is 0 Å². The molecule has 4 nitrogen and oxygen atoms in total. The number of hydrogen-bond acceptors (Lipinski definition) is 3. The Labute approximate surface area is 138 Å². The summed E-state index contributed by atoms with van der Waals surface area (Å²) >= 11 is 0. The van der Waals surface area contributed by atoms with E-state index in [1.165, 1.54) is 12.8 Å². The van der Waals surface area contributed by atoms with Crippen molar-refractivity contribution < 1.29 is 14.3 Å². The molecule has 1 aromatic carbocycles. The molecule has 2 unspecified atom stereocenters. The summed E-state index contributed by atoms with van der Waals surface area (Å²) in [4.78, 5) is 24.0. The van der Waals surface area contributed by atoms with Crippen LogP contribution in [0, 0.1) is 5.92 Å². The van der Waals surface area contributed by atoms with E-state index in [0.29, 0.717) is 17.7 Å². The summed E-state index contributed by atoms with van der Waals surface area (Å²) in [5.41, 5.74) is 1.81. The first-order valence-corrected chi connectivity index (χ1v) is 8.70. The predicted molar refractivity (Wildman–Crippen MR) is 90.5 cm³/mol. The van der Waals surface area contributed by atoms with E-state index in [4.69, 9.17) is 4.74 Å². The van der Waals surface area contributed by atoms with Gasteiger partial charge in [-0.2, -0.15) is 0 Å². The molecule has 1 aromatic rings. The molecule has 0 aliphatic carbocycles. The van der Waals surface area contributed by atoms with E-state index in [-0.39, 0.29) is 23.8 Å². The SMILES string of the molecule is CCCCCCOC(c1cccc2c1C(=O)NC2=O)C(C)CC. The highest BCUT2D eigenvalue weighted by atomic mass is 16.5. The quantitative estimate of drug-likeness (QED) is 0.547. The molecule has 0 fully saturated rings. The first-order valence-electron chi connectivity index (χ1n) is 8.70. The van der Waals surface area contributed by atoms with Crippen molar-refractivity contribution in [2.75, 3.05) is 6.61 Å². The van der Waals surface area contributed by atoms with Crippen molar-refractivity contribution >= 4 is 11.8 Å². The lowest BCUT2D eigenvalue weighted by molar-refractivity contribution is 0.0120. The highest BCUT2D eigenvalue weighted by molar-refractivity contribution is 6.22. The zero-order valence-corrected chi connectivity index (χ0v) is 14.4. The fourth-order valence-corrected chi connectivity index (χ4v) is 3.00. The summed E-state index contributed by atoms with van der Waals surface area (Å²) in [6.45, 7) is 7.12. The van der Waals surface area contributed by atoms with Crippen LogP contribution in [0.2, 0.25) is 0 Å². The number of rotatable bonds is 9. The number of benzene rings is 1. The second-order valence-electron chi connectivity index (χ2n) is 6.29. The van der Waals surface area contributed by atoms with Crippen molar-refractivity contribution in [1.82, 2.24) is 5.32 Å². The highest BCUT2D eigenvalue weighted by Gasteiger charge is 2.33. The molecule has 1 aliphatic rings. The summed E-state index contributed by atoms with van der Waals surface area (Å²) in [6, 6.07) is 5.45. The summed E-state index contributed by atoms with van der Waals surface area (Å²) in [5, 5.41) is 2.39. The maximum atomic E-state index is 12.1. The number of amides is 2. The topological polar surface area (TPSA) is 55.4 Å². The van der Waals surface area contributed by atoms with Crippen molar-refractivity contribution in [2.24, 2.45) is 5.92 Å². The van der Waals surface area contributed by atoms with Crippen LogP contribution in [0.3, 0.4) is 0 Å². The fourth-order valence-electron chi connectivity index (χ4n) is 3.00. The maximum Gasteiger partial charge on any atom is 0.259 e. The van der Waals surface area contributed by atoms with Crippen molar-refractivity contribution in [2.45, 2.75) is 59.0 Å². The van der Waals surface area contributed by atoms with Crippen LogP contribution in [0.25, 0.3) is 0 Å². The molecular weight excluding hydrogens is 290 g/mol. The number of ether oxygens (including phenoxy) is 1. The molecule has 0 saturated carbocycles. The Balaban J connectivity index is 2.20. The molecule has 2 atom stereocenters. The standard InChI is InChI=1S/C19H27NO3/c1-4-6-7-8-12-23-17(13(3)5-2)14-10-9-11-15-16(14)19(22)20-18(15)21/h9-11,13,17H,4-8,12H2,1-3H3,(H,20,21,22). The third-order valence-corrected chi connectivity index (χ3v) is 4.56. The lowest BCUT2D eigenvalue weighted by atomic mass is 9.90. The Morgan fingerprint density at radius 2 is 1.87 bits per heavy atom. The van der Waals surface area contributed by atoms with Crippen molar-refractivity contribution in [3.8, 4) is 0 Å². The van der Waals surface area contributed by atoms with Crippen molar-refractivity contribution in [3.63, 3.8) is 0 Å². The van der Waals surface area contributed by atoms with Crippen LogP contribution in [0.1, 0.15) is 85.3 Å². The minimum atomic E-state index is -0.308. The second kappa shape index (κ2) is 8.25. The van der Waals surface area contributed by atoms with Crippen LogP contribution in [0.4, 0.5) is 0 Å². The molecule has 0 bridgehead atoms. The number of unbranched alkanes of at least 4 members (excludes halogenated alkanes) is 3. The number of fused-ring (bicyclic) bond motifs is 1. The monoisotopic (exact) mass is 317 g/mol. The third kappa shape index (κ3) is 3.99. The van der Waals surface area contributed by atoms with Crippen molar-refractivity contribution in [3.05, 3.63) is 34.9 Å². The Kier molecular flexibility index (Phi) is 6.34. The van der Waals surface area contributed by atoms with E-state index < -0.39 is 0 Å². The Morgan fingerprint density at radius 3 is 2.57 bits per heavy atom. The molecule has 4 heteroatoms. The molecule has 1 N–H and O–H groups in total. The zero-order chi connectivity index (χ0) is 16.8. The van der Waals surface area contributed by atoms with Gasteiger partial charge >= 0.3 is 0 Å². The largest absolute Gasteiger partial charge is 0.373 e. The summed E-state index contributed by atoms with van der Waals surface area (Å²) < 4.78 is 6.14. The molecule has 0 saturated heterocycles. The summed E-state index contributed by atoms with van der Waals surface area (Å²) in [7, 11) is 0. The van der Waals surface area contributed by atoms with E-state index in [9.17, 15) is 9.59 Å². The minimum absolute atomic E-state index is 0.145. The van der Waals surface area contributed by atoms with E-state index in [1.54, 1.807) is 6.07 Å². The first-order chi connectivity index (χ1) is 11.1. The summed E-state index contributed by atoms with van der Waals surface area (Å²) in [6.07, 6.45) is 5.42. The molecule has 1 aliphatic heterocycles. The van der Waals surface area contributed by atoms with Gasteiger partial charge in [-0.3, -0.25) is 14.9 Å². The number of carbonyl (C=O) groups excluding carboxylic acids is 2. The van der Waals surface area contributed by atoms with Crippen LogP contribution < -0.4 is 5.32 Å². The van der Waals surface area contributed by atoms with E-state index >= 15 is 0 Å². The molecule has 2 rings (SSSR count). The Bertz CT molecular complexity index is 568. The van der Waals surface area contributed by atoms with Crippen LogP contribution >= 0.6 is 0 Å². The maximum absolute atomic E-state index is 12.1. The van der Waals surface area contributed by atoms with Gasteiger partial charge in [0.15, 0.2) is 0 Å². The lowest BCUT2D eigenvalue weighted by Gasteiger charge is -2.25. The van der Waals surface area contributed by atoms with Gasteiger partial charge in [-0.05, 0) is 24.0 Å². The molecule has 1 heterocycles. The predicted octanol–water partition coefficient (Wildman–Crippen LogP) is 4.25. The van der Waals surface area contributed by atoms with Crippen LogP contribution in [0.5, 0.6) is 0 Å². The normalized spacial score (nSPS) is 16.1. The lowest BCUT2D eigenvalue weighted by Crippen LogP contribution is -2.21. The smallest absolute Gasteiger partial charge is 0.259 e. The molecule has 23 heavy (non-hydrogen) atoms. The van der Waals surface area contributed by atoms with Crippen LogP contribution in [-0.2, 0) is 4.74 Å². The van der Waals surface area contributed by atoms with E-state index in [1.807, 2.05) is 12.1 Å². The van der Waals surface area contributed by atoms with Gasteiger partial charge < -0.3 is 4.74 Å². The Hall–Kier alpha value is -1.68. The van der Waals surface area contributed by atoms with Crippen LogP contribution in [0.15, 0.2) is 18.2 Å². The zero-order valence-electron chi connectivity index (χ0n) is 14.4. The first kappa shape index (κ1) is 17.7. The molecule has 0 spiro atoms. The van der Waals surface area contributed by atoms with Gasteiger partial charge in [-0.15, -0.1) is 0 Å². The van der Waals surface area contributed by atoms with Gasteiger partial charge in [0, 0.05) is 6.61 Å². The van der Waals surface area contributed by atoms with Gasteiger partial charge in [-0.25, -0.2) is 0 Å². The van der Waals surface area contributed by atoms with E-state index in [0.717, 1.165) is 24.8 Å². The molecule has 0 radical (unpaired) electrons. The number of imide groups is 1. The van der Waals surface area contributed by atoms with Gasteiger partial charge in [0.25, 0.3) is 11.8 Å².